The molecule has 0 N–H and O–H groups in total. The first-order valence-electron chi connectivity index (χ1n) is 18.7. The molecule has 0 fully saturated rings. The van der Waals surface area contributed by atoms with E-state index in [2.05, 4.69) is 218 Å². The number of hydrogen-bond donors (Lipinski definition) is 0. The summed E-state index contributed by atoms with van der Waals surface area (Å²) >= 11 is 0. The van der Waals surface area contributed by atoms with Crippen molar-refractivity contribution in [2.45, 2.75) is 0 Å². The van der Waals surface area contributed by atoms with E-state index in [0.29, 0.717) is 0 Å². The van der Waals surface area contributed by atoms with Gasteiger partial charge in [-0.25, -0.2) is 0 Å². The maximum Gasteiger partial charge on any atom is -0.00990 e. The predicted molar refractivity (Wildman–Crippen MR) is 232 cm³/mol. The molecule has 0 atom stereocenters. The standard InChI is InChI=1S/C54H36/c1-2-10-37(11-3-1)39-18-22-41(23-19-39)48-33-49(42-24-20-40(21-25-42)46-31-28-38-12-4-5-13-45(38)32-46)35-50(34-48)43-26-29-44(30-27-43)54-36-47-14-6-7-15-51(47)52-16-8-9-17-53(52)54/h1-36H. The SMILES string of the molecule is c1ccc(-c2ccc(-c3cc(-c4ccc(-c5ccc6ccccc6c5)cc4)cc(-c4ccc(-c5cc6ccccc6c6ccccc56)cc4)c3)cc2)cc1. The van der Waals surface area contributed by atoms with Crippen LogP contribution in [0.4, 0.5) is 0 Å². The van der Waals surface area contributed by atoms with Crippen LogP contribution in [-0.4, -0.2) is 0 Å². The van der Waals surface area contributed by atoms with Crippen LogP contribution in [0.1, 0.15) is 0 Å². The first kappa shape index (κ1) is 31.7. The van der Waals surface area contributed by atoms with E-state index < -0.39 is 0 Å². The third-order valence-corrected chi connectivity index (χ3v) is 10.9. The van der Waals surface area contributed by atoms with Crippen molar-refractivity contribution in [2.75, 3.05) is 0 Å². The summed E-state index contributed by atoms with van der Waals surface area (Å²) in [5.41, 5.74) is 14.6. The second-order valence-corrected chi connectivity index (χ2v) is 14.1. The second kappa shape index (κ2) is 13.5. The van der Waals surface area contributed by atoms with Crippen LogP contribution in [0, 0.1) is 0 Å². The molecule has 10 aromatic carbocycles. The minimum Gasteiger partial charge on any atom is -0.0622 e. The summed E-state index contributed by atoms with van der Waals surface area (Å²) in [6.07, 6.45) is 0. The van der Waals surface area contributed by atoms with Crippen molar-refractivity contribution in [3.8, 4) is 66.8 Å². The molecule has 0 spiro atoms. The monoisotopic (exact) mass is 684 g/mol. The number of benzene rings is 10. The van der Waals surface area contributed by atoms with E-state index in [-0.39, 0.29) is 0 Å². The smallest absolute Gasteiger partial charge is 0.00990 e. The van der Waals surface area contributed by atoms with Crippen LogP contribution >= 0.6 is 0 Å². The van der Waals surface area contributed by atoms with Gasteiger partial charge in [0.25, 0.3) is 0 Å². The molecule has 0 aliphatic rings. The van der Waals surface area contributed by atoms with E-state index in [9.17, 15) is 0 Å². The van der Waals surface area contributed by atoms with Gasteiger partial charge in [0, 0.05) is 0 Å². The lowest BCUT2D eigenvalue weighted by atomic mass is 9.90. The quantitative estimate of drug-likeness (QED) is 0.153. The zero-order chi connectivity index (χ0) is 35.8. The van der Waals surface area contributed by atoms with Crippen LogP contribution in [0.3, 0.4) is 0 Å². The molecule has 0 heteroatoms. The molecule has 0 saturated carbocycles. The summed E-state index contributed by atoms with van der Waals surface area (Å²) in [5.74, 6) is 0. The van der Waals surface area contributed by atoms with Gasteiger partial charge in [0.05, 0.1) is 0 Å². The van der Waals surface area contributed by atoms with Gasteiger partial charge >= 0.3 is 0 Å². The van der Waals surface area contributed by atoms with Crippen molar-refractivity contribution >= 4 is 32.3 Å². The molecule has 0 aliphatic heterocycles. The van der Waals surface area contributed by atoms with Gasteiger partial charge in [-0.3, -0.25) is 0 Å². The lowest BCUT2D eigenvalue weighted by molar-refractivity contribution is 1.55. The minimum atomic E-state index is 1.20. The Morgan fingerprint density at radius 1 is 0.167 bits per heavy atom. The fraction of sp³-hybridized carbons (Fsp3) is 0. The Kier molecular flexibility index (Phi) is 7.93. The molecule has 0 bridgehead atoms. The van der Waals surface area contributed by atoms with E-state index in [1.54, 1.807) is 0 Å². The van der Waals surface area contributed by atoms with Gasteiger partial charge in [-0.1, -0.05) is 188 Å². The molecule has 10 rings (SSSR count). The Bertz CT molecular complexity index is 2930. The second-order valence-electron chi connectivity index (χ2n) is 14.1. The van der Waals surface area contributed by atoms with Crippen LogP contribution in [-0.2, 0) is 0 Å². The third kappa shape index (κ3) is 5.94. The van der Waals surface area contributed by atoms with E-state index >= 15 is 0 Å². The normalized spacial score (nSPS) is 11.3. The van der Waals surface area contributed by atoms with Crippen LogP contribution in [0.5, 0.6) is 0 Å². The predicted octanol–water partition coefficient (Wildman–Crippen LogP) is 15.1. The van der Waals surface area contributed by atoms with E-state index in [1.165, 1.54) is 99.1 Å². The van der Waals surface area contributed by atoms with Gasteiger partial charge in [0.2, 0.25) is 0 Å². The summed E-state index contributed by atoms with van der Waals surface area (Å²) in [4.78, 5) is 0. The van der Waals surface area contributed by atoms with Gasteiger partial charge in [-0.05, 0) is 129 Å². The molecule has 0 radical (unpaired) electrons. The molecular weight excluding hydrogens is 649 g/mol. The maximum absolute atomic E-state index is 2.34. The molecule has 0 saturated heterocycles. The Morgan fingerprint density at radius 2 is 0.556 bits per heavy atom. The third-order valence-electron chi connectivity index (χ3n) is 10.9. The Labute approximate surface area is 316 Å². The first-order valence-corrected chi connectivity index (χ1v) is 18.7. The van der Waals surface area contributed by atoms with Crippen LogP contribution in [0.25, 0.3) is 99.1 Å². The first-order chi connectivity index (χ1) is 26.7. The van der Waals surface area contributed by atoms with Crippen molar-refractivity contribution in [2.24, 2.45) is 0 Å². The maximum atomic E-state index is 2.34. The molecule has 0 amide bonds. The average molecular weight is 685 g/mol. The fourth-order valence-electron chi connectivity index (χ4n) is 7.97. The topological polar surface area (TPSA) is 0 Å². The summed E-state index contributed by atoms with van der Waals surface area (Å²) < 4.78 is 0. The fourth-order valence-corrected chi connectivity index (χ4v) is 7.97. The zero-order valence-corrected chi connectivity index (χ0v) is 29.8. The van der Waals surface area contributed by atoms with Crippen molar-refractivity contribution in [3.63, 3.8) is 0 Å². The van der Waals surface area contributed by atoms with Crippen LogP contribution < -0.4 is 0 Å². The van der Waals surface area contributed by atoms with Crippen LogP contribution in [0.2, 0.25) is 0 Å². The summed E-state index contributed by atoms with van der Waals surface area (Å²) in [6.45, 7) is 0. The molecule has 0 heterocycles. The molecule has 0 aliphatic carbocycles. The molecular formula is C54H36. The van der Waals surface area contributed by atoms with Gasteiger partial charge in [-0.2, -0.15) is 0 Å². The molecule has 54 heavy (non-hydrogen) atoms. The highest BCUT2D eigenvalue weighted by molar-refractivity contribution is 6.13. The van der Waals surface area contributed by atoms with Gasteiger partial charge in [-0.15, -0.1) is 0 Å². The molecule has 0 nitrogen and oxygen atoms in total. The molecule has 252 valence electrons. The van der Waals surface area contributed by atoms with Crippen LogP contribution in [0.15, 0.2) is 218 Å². The summed E-state index contributed by atoms with van der Waals surface area (Å²) in [6, 6.07) is 79.8. The van der Waals surface area contributed by atoms with E-state index in [0.717, 1.165) is 0 Å². The highest BCUT2D eigenvalue weighted by atomic mass is 14.2. The van der Waals surface area contributed by atoms with Gasteiger partial charge in [0.15, 0.2) is 0 Å². The number of rotatable bonds is 6. The number of hydrogen-bond acceptors (Lipinski definition) is 0. The van der Waals surface area contributed by atoms with Crippen molar-refractivity contribution in [1.82, 2.24) is 0 Å². The average Bonchev–Trinajstić information content (AvgIpc) is 3.26. The summed E-state index contributed by atoms with van der Waals surface area (Å²) in [5, 5.41) is 7.64. The highest BCUT2D eigenvalue weighted by Crippen LogP contribution is 2.38. The van der Waals surface area contributed by atoms with Gasteiger partial charge in [0.1, 0.15) is 0 Å². The Morgan fingerprint density at radius 3 is 1.15 bits per heavy atom. The summed E-state index contributed by atoms with van der Waals surface area (Å²) in [7, 11) is 0. The molecule has 0 unspecified atom stereocenters. The van der Waals surface area contributed by atoms with Crippen molar-refractivity contribution in [3.05, 3.63) is 218 Å². The molecule has 10 aromatic rings. The Hall–Kier alpha value is -7.02. The largest absolute Gasteiger partial charge is 0.0622 e. The van der Waals surface area contributed by atoms with Crippen molar-refractivity contribution < 1.29 is 0 Å². The highest BCUT2D eigenvalue weighted by Gasteiger charge is 2.12. The zero-order valence-electron chi connectivity index (χ0n) is 29.8. The molecule has 0 aromatic heterocycles. The number of fused-ring (bicyclic) bond motifs is 4. The minimum absolute atomic E-state index is 1.20. The van der Waals surface area contributed by atoms with E-state index in [1.807, 2.05) is 0 Å². The Balaban J connectivity index is 1.05. The lowest BCUT2D eigenvalue weighted by Gasteiger charge is -2.14. The van der Waals surface area contributed by atoms with E-state index in [4.69, 9.17) is 0 Å². The lowest BCUT2D eigenvalue weighted by Crippen LogP contribution is -1.88. The van der Waals surface area contributed by atoms with Gasteiger partial charge < -0.3 is 0 Å². The van der Waals surface area contributed by atoms with Crippen molar-refractivity contribution in [1.29, 1.82) is 0 Å².